The molecule has 2 aliphatic rings. The van der Waals surface area contributed by atoms with Crippen molar-refractivity contribution in [1.29, 1.82) is 0 Å². The second-order valence-corrected chi connectivity index (χ2v) is 11.2. The zero-order valence-corrected chi connectivity index (χ0v) is 20.8. The van der Waals surface area contributed by atoms with Gasteiger partial charge in [-0.05, 0) is 75.3 Å². The normalized spacial score (nSPS) is 20.2. The van der Waals surface area contributed by atoms with Gasteiger partial charge >= 0.3 is 0 Å². The van der Waals surface area contributed by atoms with Gasteiger partial charge < -0.3 is 9.64 Å². The average molecular weight is 471 g/mol. The molecule has 1 amide bonds. The number of aryl methyl sites for hydroxylation is 3. The first-order chi connectivity index (χ1) is 15.7. The monoisotopic (exact) mass is 470 g/mol. The Morgan fingerprint density at radius 2 is 1.64 bits per heavy atom. The predicted molar refractivity (Wildman–Crippen MR) is 129 cm³/mol. The SMILES string of the molecule is COc1cccc([C@@H]2CCCN2C(=O)C2CCN(S(=O)(=O)c3c(C)cc(C)cc3C)CC2)c1. The lowest BCUT2D eigenvalue weighted by atomic mass is 9.95. The fourth-order valence-electron chi connectivity index (χ4n) is 5.51. The first-order valence-electron chi connectivity index (χ1n) is 11.7. The maximum Gasteiger partial charge on any atom is 0.243 e. The molecule has 2 aromatic carbocycles. The van der Waals surface area contributed by atoms with Gasteiger partial charge in [0.25, 0.3) is 0 Å². The Bertz CT molecular complexity index is 1110. The number of benzene rings is 2. The van der Waals surface area contributed by atoms with Gasteiger partial charge in [0.2, 0.25) is 15.9 Å². The van der Waals surface area contributed by atoms with Gasteiger partial charge in [0.1, 0.15) is 5.75 Å². The van der Waals surface area contributed by atoms with E-state index in [0.717, 1.165) is 47.4 Å². The number of hydrogen-bond acceptors (Lipinski definition) is 4. The van der Waals surface area contributed by atoms with Crippen molar-refractivity contribution in [3.8, 4) is 5.75 Å². The Labute approximate surface area is 197 Å². The van der Waals surface area contributed by atoms with E-state index in [1.807, 2.05) is 56.0 Å². The number of likely N-dealkylation sites (tertiary alicyclic amines) is 1. The van der Waals surface area contributed by atoms with Crippen molar-refractivity contribution in [3.63, 3.8) is 0 Å². The highest BCUT2D eigenvalue weighted by molar-refractivity contribution is 7.89. The van der Waals surface area contributed by atoms with Crippen LogP contribution >= 0.6 is 0 Å². The molecule has 0 aliphatic carbocycles. The first kappa shape index (κ1) is 23.8. The van der Waals surface area contributed by atoms with Gasteiger partial charge in [0, 0.05) is 25.6 Å². The van der Waals surface area contributed by atoms with Crippen LogP contribution in [0.3, 0.4) is 0 Å². The number of nitrogens with zero attached hydrogens (tertiary/aromatic N) is 2. The molecule has 6 nitrogen and oxygen atoms in total. The number of ether oxygens (including phenoxy) is 1. The van der Waals surface area contributed by atoms with Crippen LogP contribution in [0, 0.1) is 26.7 Å². The number of methoxy groups -OCH3 is 1. The molecule has 2 aromatic rings. The molecule has 0 unspecified atom stereocenters. The molecule has 0 aromatic heterocycles. The van der Waals surface area contributed by atoms with Crippen LogP contribution in [-0.4, -0.2) is 50.3 Å². The fourth-order valence-corrected chi connectivity index (χ4v) is 7.39. The van der Waals surface area contributed by atoms with Gasteiger partial charge in [0.05, 0.1) is 18.0 Å². The number of hydrogen-bond donors (Lipinski definition) is 0. The van der Waals surface area contributed by atoms with Crippen molar-refractivity contribution < 1.29 is 17.9 Å². The summed E-state index contributed by atoms with van der Waals surface area (Å²) in [6, 6.07) is 11.8. The van der Waals surface area contributed by atoms with Crippen LogP contribution < -0.4 is 4.74 Å². The molecular weight excluding hydrogens is 436 g/mol. The second kappa shape index (κ2) is 9.47. The number of sulfonamides is 1. The Kier molecular flexibility index (Phi) is 6.82. The minimum atomic E-state index is -3.58. The van der Waals surface area contributed by atoms with Crippen molar-refractivity contribution in [3.05, 3.63) is 58.7 Å². The summed E-state index contributed by atoms with van der Waals surface area (Å²) in [7, 11) is -1.92. The third-order valence-electron chi connectivity index (χ3n) is 7.02. The quantitative estimate of drug-likeness (QED) is 0.650. The minimum Gasteiger partial charge on any atom is -0.497 e. The molecule has 0 N–H and O–H groups in total. The van der Waals surface area contributed by atoms with Crippen LogP contribution in [-0.2, 0) is 14.8 Å². The van der Waals surface area contributed by atoms with Crippen molar-refractivity contribution in [2.24, 2.45) is 5.92 Å². The van der Waals surface area contributed by atoms with Gasteiger partial charge in [-0.3, -0.25) is 4.79 Å². The van der Waals surface area contributed by atoms with Crippen molar-refractivity contribution in [2.45, 2.75) is 57.4 Å². The van der Waals surface area contributed by atoms with Gasteiger partial charge in [-0.25, -0.2) is 8.42 Å². The molecule has 4 rings (SSSR count). The smallest absolute Gasteiger partial charge is 0.243 e. The highest BCUT2D eigenvalue weighted by Gasteiger charge is 2.38. The van der Waals surface area contributed by atoms with E-state index in [-0.39, 0.29) is 17.9 Å². The summed E-state index contributed by atoms with van der Waals surface area (Å²) in [5, 5.41) is 0. The minimum absolute atomic E-state index is 0.0622. The van der Waals surface area contributed by atoms with Gasteiger partial charge in [-0.2, -0.15) is 4.31 Å². The zero-order valence-electron chi connectivity index (χ0n) is 20.0. The topological polar surface area (TPSA) is 66.9 Å². The summed E-state index contributed by atoms with van der Waals surface area (Å²) < 4.78 is 33.7. The summed E-state index contributed by atoms with van der Waals surface area (Å²) >= 11 is 0. The van der Waals surface area contributed by atoms with E-state index in [0.29, 0.717) is 30.8 Å². The van der Waals surface area contributed by atoms with E-state index in [9.17, 15) is 13.2 Å². The maximum atomic E-state index is 13.4. The average Bonchev–Trinajstić information content (AvgIpc) is 3.28. The van der Waals surface area contributed by atoms with Crippen LogP contribution in [0.1, 0.15) is 54.0 Å². The van der Waals surface area contributed by atoms with E-state index in [4.69, 9.17) is 4.74 Å². The van der Waals surface area contributed by atoms with Crippen LogP contribution in [0.25, 0.3) is 0 Å². The number of piperidine rings is 1. The number of carbonyl (C=O) groups is 1. The number of carbonyl (C=O) groups excluding carboxylic acids is 1. The van der Waals surface area contributed by atoms with Crippen molar-refractivity contribution >= 4 is 15.9 Å². The van der Waals surface area contributed by atoms with E-state index in [2.05, 4.69) is 6.07 Å². The van der Waals surface area contributed by atoms with Gasteiger partial charge in [0.15, 0.2) is 0 Å². The molecule has 2 saturated heterocycles. The summed E-state index contributed by atoms with van der Waals surface area (Å²) in [6.07, 6.45) is 3.04. The fraction of sp³-hybridized carbons (Fsp3) is 0.500. The zero-order chi connectivity index (χ0) is 23.8. The Balaban J connectivity index is 1.46. The Hall–Kier alpha value is -2.38. The van der Waals surface area contributed by atoms with E-state index in [1.54, 1.807) is 11.4 Å². The maximum absolute atomic E-state index is 13.4. The molecule has 0 radical (unpaired) electrons. The van der Waals surface area contributed by atoms with Crippen LogP contribution in [0.15, 0.2) is 41.3 Å². The van der Waals surface area contributed by atoms with Gasteiger partial charge in [-0.15, -0.1) is 0 Å². The standard InChI is InChI=1S/C26H34N2O4S/c1-18-15-19(2)25(20(3)16-18)33(30,31)27-13-10-21(11-14-27)26(29)28-12-6-9-24(28)22-7-5-8-23(17-22)32-4/h5,7-8,15-17,21,24H,6,9-14H2,1-4H3/t24-/m0/s1. The van der Waals surface area contributed by atoms with Crippen molar-refractivity contribution in [2.75, 3.05) is 26.7 Å². The van der Waals surface area contributed by atoms with Crippen molar-refractivity contribution in [1.82, 2.24) is 9.21 Å². The Morgan fingerprint density at radius 1 is 0.970 bits per heavy atom. The van der Waals surface area contributed by atoms with Crippen LogP contribution in [0.2, 0.25) is 0 Å². The molecule has 178 valence electrons. The number of amides is 1. The predicted octanol–water partition coefficient (Wildman–Crippen LogP) is 4.38. The third kappa shape index (κ3) is 4.66. The number of rotatable bonds is 5. The van der Waals surface area contributed by atoms with Gasteiger partial charge in [-0.1, -0.05) is 29.8 Å². The lowest BCUT2D eigenvalue weighted by molar-refractivity contribution is -0.137. The van der Waals surface area contributed by atoms with Crippen LogP contribution in [0.4, 0.5) is 0 Å². The van der Waals surface area contributed by atoms with Crippen LogP contribution in [0.5, 0.6) is 5.75 Å². The molecule has 7 heteroatoms. The van der Waals surface area contributed by atoms with E-state index < -0.39 is 10.0 Å². The molecule has 0 spiro atoms. The lowest BCUT2D eigenvalue weighted by Crippen LogP contribution is -2.44. The summed E-state index contributed by atoms with van der Waals surface area (Å²) in [5.74, 6) is 0.815. The molecule has 0 saturated carbocycles. The highest BCUT2D eigenvalue weighted by Crippen LogP contribution is 2.36. The lowest BCUT2D eigenvalue weighted by Gasteiger charge is -2.35. The molecule has 0 bridgehead atoms. The third-order valence-corrected chi connectivity index (χ3v) is 9.22. The summed E-state index contributed by atoms with van der Waals surface area (Å²) in [4.78, 5) is 15.8. The molecule has 2 aliphatic heterocycles. The summed E-state index contributed by atoms with van der Waals surface area (Å²) in [5.41, 5.74) is 3.72. The largest absolute Gasteiger partial charge is 0.497 e. The van der Waals surface area contributed by atoms with E-state index >= 15 is 0 Å². The molecule has 2 fully saturated rings. The molecule has 33 heavy (non-hydrogen) atoms. The highest BCUT2D eigenvalue weighted by atomic mass is 32.2. The molecule has 1 atom stereocenters. The first-order valence-corrected chi connectivity index (χ1v) is 13.2. The second-order valence-electron chi connectivity index (χ2n) is 9.37. The molecular formula is C26H34N2O4S. The molecule has 2 heterocycles. The Morgan fingerprint density at radius 3 is 2.27 bits per heavy atom. The summed E-state index contributed by atoms with van der Waals surface area (Å²) in [6.45, 7) is 7.20. The van der Waals surface area contributed by atoms with E-state index in [1.165, 1.54) is 0 Å².